The highest BCUT2D eigenvalue weighted by Gasteiger charge is 2.38. The molecule has 1 aromatic carbocycles. The molecule has 3 heterocycles. The average Bonchev–Trinajstić information content (AvgIpc) is 3.06. The molecule has 0 saturated carbocycles. The Balaban J connectivity index is 1.39. The fourth-order valence-corrected chi connectivity index (χ4v) is 4.13. The molecular formula is C18H21N3OS. The summed E-state index contributed by atoms with van der Waals surface area (Å²) in [4.78, 5) is 12.7. The Hall–Kier alpha value is -1.59. The van der Waals surface area contributed by atoms with Crippen molar-refractivity contribution in [2.45, 2.75) is 29.2 Å². The molecule has 2 fully saturated rings. The van der Waals surface area contributed by atoms with E-state index in [9.17, 15) is 0 Å². The van der Waals surface area contributed by atoms with Crippen molar-refractivity contribution < 1.29 is 4.74 Å². The fourth-order valence-electron chi connectivity index (χ4n) is 3.39. The quantitative estimate of drug-likeness (QED) is 0.860. The van der Waals surface area contributed by atoms with Crippen LogP contribution in [-0.2, 0) is 4.74 Å². The standard InChI is InChI=1S/C18H21N3OS/c1-2-4-15(5-3-1)23-17-13-19-16(12-20-17)21-9-6-18(7-10-21)8-11-22-14-18/h1-5,12-13H,6-11,14H2. The molecule has 1 spiro atoms. The van der Waals surface area contributed by atoms with Gasteiger partial charge in [-0.1, -0.05) is 30.0 Å². The summed E-state index contributed by atoms with van der Waals surface area (Å²) in [6.07, 6.45) is 7.42. The number of nitrogens with zero attached hydrogens (tertiary/aromatic N) is 3. The third kappa shape index (κ3) is 3.35. The minimum absolute atomic E-state index is 0.438. The van der Waals surface area contributed by atoms with Crippen molar-refractivity contribution in [1.29, 1.82) is 0 Å². The normalized spacial score (nSPS) is 20.1. The van der Waals surface area contributed by atoms with E-state index in [1.54, 1.807) is 11.8 Å². The Labute approximate surface area is 141 Å². The molecule has 4 nitrogen and oxygen atoms in total. The molecule has 0 unspecified atom stereocenters. The van der Waals surface area contributed by atoms with Gasteiger partial charge in [-0.3, -0.25) is 0 Å². The molecule has 4 rings (SSSR count). The molecule has 120 valence electrons. The zero-order valence-electron chi connectivity index (χ0n) is 13.1. The molecule has 2 aliphatic rings. The van der Waals surface area contributed by atoms with Gasteiger partial charge < -0.3 is 9.64 Å². The van der Waals surface area contributed by atoms with Crippen molar-refractivity contribution in [1.82, 2.24) is 9.97 Å². The third-order valence-electron chi connectivity index (χ3n) is 4.91. The zero-order chi connectivity index (χ0) is 15.5. The summed E-state index contributed by atoms with van der Waals surface area (Å²) in [5, 5.41) is 0.942. The molecule has 0 amide bonds. The number of benzene rings is 1. The predicted molar refractivity (Wildman–Crippen MR) is 91.9 cm³/mol. The lowest BCUT2D eigenvalue weighted by Gasteiger charge is -2.38. The summed E-state index contributed by atoms with van der Waals surface area (Å²) in [6.45, 7) is 4.00. The lowest BCUT2D eigenvalue weighted by molar-refractivity contribution is 0.133. The maximum absolute atomic E-state index is 5.60. The van der Waals surface area contributed by atoms with E-state index in [0.29, 0.717) is 5.41 Å². The van der Waals surface area contributed by atoms with Crippen LogP contribution in [0.4, 0.5) is 5.82 Å². The molecule has 0 radical (unpaired) electrons. The Bertz CT molecular complexity index is 631. The summed E-state index contributed by atoms with van der Waals surface area (Å²) in [6, 6.07) is 10.3. The van der Waals surface area contributed by atoms with E-state index < -0.39 is 0 Å². The van der Waals surface area contributed by atoms with Crippen molar-refractivity contribution in [3.05, 3.63) is 42.7 Å². The van der Waals surface area contributed by atoms with Gasteiger partial charge in [-0.15, -0.1) is 0 Å². The van der Waals surface area contributed by atoms with Crippen LogP contribution in [0.5, 0.6) is 0 Å². The van der Waals surface area contributed by atoms with Gasteiger partial charge >= 0.3 is 0 Å². The van der Waals surface area contributed by atoms with Crippen molar-refractivity contribution >= 4 is 17.6 Å². The van der Waals surface area contributed by atoms with Crippen molar-refractivity contribution in [3.8, 4) is 0 Å². The van der Waals surface area contributed by atoms with E-state index >= 15 is 0 Å². The first-order valence-corrected chi connectivity index (χ1v) is 9.02. The van der Waals surface area contributed by atoms with Crippen LogP contribution < -0.4 is 4.90 Å². The van der Waals surface area contributed by atoms with Gasteiger partial charge in [-0.25, -0.2) is 9.97 Å². The van der Waals surface area contributed by atoms with Crippen LogP contribution >= 0.6 is 11.8 Å². The van der Waals surface area contributed by atoms with Gasteiger partial charge in [0.25, 0.3) is 0 Å². The van der Waals surface area contributed by atoms with E-state index in [0.717, 1.165) is 37.1 Å². The highest BCUT2D eigenvalue weighted by molar-refractivity contribution is 7.99. The minimum Gasteiger partial charge on any atom is -0.381 e. The summed E-state index contributed by atoms with van der Waals surface area (Å²) in [7, 11) is 0. The highest BCUT2D eigenvalue weighted by Crippen LogP contribution is 2.39. The molecule has 23 heavy (non-hydrogen) atoms. The van der Waals surface area contributed by atoms with Crippen LogP contribution in [0.3, 0.4) is 0 Å². The predicted octanol–water partition coefficient (Wildman–Crippen LogP) is 3.63. The molecule has 5 heteroatoms. The smallest absolute Gasteiger partial charge is 0.147 e. The van der Waals surface area contributed by atoms with Gasteiger partial charge in [-0.2, -0.15) is 0 Å². The SMILES string of the molecule is c1ccc(Sc2cnc(N3CCC4(CCOC4)CC3)cn2)cc1. The summed E-state index contributed by atoms with van der Waals surface area (Å²) in [5.74, 6) is 0.996. The summed E-state index contributed by atoms with van der Waals surface area (Å²) < 4.78 is 5.60. The van der Waals surface area contributed by atoms with Crippen LogP contribution in [0.1, 0.15) is 19.3 Å². The second-order valence-electron chi connectivity index (χ2n) is 6.42. The highest BCUT2D eigenvalue weighted by atomic mass is 32.2. The number of aromatic nitrogens is 2. The molecule has 2 aliphatic heterocycles. The molecule has 0 bridgehead atoms. The summed E-state index contributed by atoms with van der Waals surface area (Å²) in [5.41, 5.74) is 0.438. The summed E-state index contributed by atoms with van der Waals surface area (Å²) >= 11 is 1.65. The maximum Gasteiger partial charge on any atom is 0.147 e. The Morgan fingerprint density at radius 2 is 1.83 bits per heavy atom. The average molecular weight is 327 g/mol. The Morgan fingerprint density at radius 1 is 1.00 bits per heavy atom. The second-order valence-corrected chi connectivity index (χ2v) is 7.51. The molecular weight excluding hydrogens is 306 g/mol. The van der Waals surface area contributed by atoms with Gasteiger partial charge in [0.05, 0.1) is 19.0 Å². The van der Waals surface area contributed by atoms with Crippen molar-refractivity contribution in [2.75, 3.05) is 31.2 Å². The van der Waals surface area contributed by atoms with Crippen LogP contribution in [0, 0.1) is 5.41 Å². The zero-order valence-corrected chi connectivity index (χ0v) is 14.0. The molecule has 0 atom stereocenters. The Morgan fingerprint density at radius 3 is 2.48 bits per heavy atom. The first kappa shape index (κ1) is 15.0. The monoisotopic (exact) mass is 327 g/mol. The first-order valence-electron chi connectivity index (χ1n) is 8.21. The topological polar surface area (TPSA) is 38.2 Å². The second kappa shape index (κ2) is 6.49. The first-order chi connectivity index (χ1) is 11.3. The van der Waals surface area contributed by atoms with Gasteiger partial charge in [0, 0.05) is 24.6 Å². The van der Waals surface area contributed by atoms with Gasteiger partial charge in [0.2, 0.25) is 0 Å². The third-order valence-corrected chi connectivity index (χ3v) is 5.84. The molecule has 2 aromatic rings. The molecule has 0 aliphatic carbocycles. The fraction of sp³-hybridized carbons (Fsp3) is 0.444. The van der Waals surface area contributed by atoms with Crippen LogP contribution in [0.15, 0.2) is 52.6 Å². The van der Waals surface area contributed by atoms with Crippen LogP contribution in [-0.4, -0.2) is 36.3 Å². The number of rotatable bonds is 3. The number of hydrogen-bond acceptors (Lipinski definition) is 5. The lowest BCUT2D eigenvalue weighted by atomic mass is 9.78. The van der Waals surface area contributed by atoms with Gasteiger partial charge in [0.15, 0.2) is 0 Å². The van der Waals surface area contributed by atoms with E-state index in [1.807, 2.05) is 30.6 Å². The number of piperidine rings is 1. The largest absolute Gasteiger partial charge is 0.381 e. The van der Waals surface area contributed by atoms with Crippen LogP contribution in [0.25, 0.3) is 0 Å². The molecule has 2 saturated heterocycles. The van der Waals surface area contributed by atoms with Crippen molar-refractivity contribution in [2.24, 2.45) is 5.41 Å². The van der Waals surface area contributed by atoms with Gasteiger partial charge in [0.1, 0.15) is 10.8 Å². The lowest BCUT2D eigenvalue weighted by Crippen LogP contribution is -2.40. The Kier molecular flexibility index (Phi) is 4.23. The van der Waals surface area contributed by atoms with Crippen LogP contribution in [0.2, 0.25) is 0 Å². The minimum atomic E-state index is 0.438. The molecule has 1 aromatic heterocycles. The van der Waals surface area contributed by atoms with E-state index in [1.165, 1.54) is 24.2 Å². The van der Waals surface area contributed by atoms with E-state index in [-0.39, 0.29) is 0 Å². The van der Waals surface area contributed by atoms with E-state index in [2.05, 4.69) is 27.0 Å². The van der Waals surface area contributed by atoms with Crippen molar-refractivity contribution in [3.63, 3.8) is 0 Å². The number of anilines is 1. The number of hydrogen-bond donors (Lipinski definition) is 0. The van der Waals surface area contributed by atoms with Gasteiger partial charge in [-0.05, 0) is 36.8 Å². The maximum atomic E-state index is 5.60. The number of ether oxygens (including phenoxy) is 1. The van der Waals surface area contributed by atoms with E-state index in [4.69, 9.17) is 4.74 Å². The molecule has 0 N–H and O–H groups in total.